The predicted molar refractivity (Wildman–Crippen MR) is 89.4 cm³/mol. The Labute approximate surface area is 151 Å². The van der Waals surface area contributed by atoms with E-state index in [-0.39, 0.29) is 16.4 Å². The van der Waals surface area contributed by atoms with E-state index in [1.54, 1.807) is 0 Å². The third-order valence-electron chi connectivity index (χ3n) is 3.09. The highest BCUT2D eigenvalue weighted by Gasteiger charge is 2.32. The van der Waals surface area contributed by atoms with Gasteiger partial charge in [-0.2, -0.15) is 13.2 Å². The lowest BCUT2D eigenvalue weighted by atomic mass is 10.2. The van der Waals surface area contributed by atoms with E-state index in [4.69, 9.17) is 16.7 Å². The van der Waals surface area contributed by atoms with Crippen molar-refractivity contribution in [1.29, 1.82) is 0 Å². The van der Waals surface area contributed by atoms with E-state index < -0.39 is 39.2 Å². The molecule has 140 valence electrons. The topological polar surface area (TPSA) is 95.5 Å². The van der Waals surface area contributed by atoms with Crippen molar-refractivity contribution >= 4 is 38.9 Å². The van der Waals surface area contributed by atoms with Crippen LogP contribution < -0.4 is 10.0 Å². The zero-order valence-corrected chi connectivity index (χ0v) is 14.4. The summed E-state index contributed by atoms with van der Waals surface area (Å²) in [6.45, 7) is -0.768. The van der Waals surface area contributed by atoms with E-state index >= 15 is 0 Å². The summed E-state index contributed by atoms with van der Waals surface area (Å²) in [5.41, 5.74) is -1.00. The molecule has 0 bridgehead atoms. The van der Waals surface area contributed by atoms with Crippen LogP contribution in [-0.2, 0) is 21.0 Å². The molecule has 2 aromatic carbocycles. The number of alkyl halides is 3. The quantitative estimate of drug-likeness (QED) is 0.708. The standard InChI is InChI=1S/C15H12ClF3N2O4S/c16-12-5-4-9(15(17,18)19)6-13(12)26(24,25)21-11-3-1-2-10(7-11)20-14(23)8-22/h1-7,21-22H,8H2,(H,20,23). The van der Waals surface area contributed by atoms with Crippen LogP contribution >= 0.6 is 11.6 Å². The molecule has 26 heavy (non-hydrogen) atoms. The summed E-state index contributed by atoms with van der Waals surface area (Å²) >= 11 is 5.74. The lowest BCUT2D eigenvalue weighted by Crippen LogP contribution is -2.17. The number of rotatable bonds is 5. The Kier molecular flexibility index (Phi) is 5.79. The van der Waals surface area contributed by atoms with Crippen molar-refractivity contribution < 1.29 is 31.5 Å². The summed E-state index contributed by atoms with van der Waals surface area (Å²) < 4.78 is 65.3. The number of hydrogen-bond acceptors (Lipinski definition) is 4. The highest BCUT2D eigenvalue weighted by molar-refractivity contribution is 7.92. The van der Waals surface area contributed by atoms with E-state index in [1.807, 2.05) is 0 Å². The van der Waals surface area contributed by atoms with Gasteiger partial charge < -0.3 is 10.4 Å². The number of hydrogen-bond donors (Lipinski definition) is 3. The maximum absolute atomic E-state index is 12.8. The monoisotopic (exact) mass is 408 g/mol. The van der Waals surface area contributed by atoms with Crippen LogP contribution in [0.15, 0.2) is 47.4 Å². The van der Waals surface area contributed by atoms with Crippen LogP contribution in [0.4, 0.5) is 24.5 Å². The molecule has 0 heterocycles. The molecule has 0 aliphatic carbocycles. The molecule has 0 unspecified atom stereocenters. The van der Waals surface area contributed by atoms with Crippen LogP contribution in [0.3, 0.4) is 0 Å². The molecule has 2 aromatic rings. The van der Waals surface area contributed by atoms with Crippen LogP contribution in [0.25, 0.3) is 0 Å². The first-order valence-electron chi connectivity index (χ1n) is 6.93. The Balaban J connectivity index is 2.35. The minimum atomic E-state index is -4.73. The lowest BCUT2D eigenvalue weighted by molar-refractivity contribution is -0.137. The second kappa shape index (κ2) is 7.52. The second-order valence-electron chi connectivity index (χ2n) is 5.04. The van der Waals surface area contributed by atoms with Gasteiger partial charge in [0.05, 0.1) is 16.3 Å². The van der Waals surface area contributed by atoms with Gasteiger partial charge >= 0.3 is 6.18 Å². The lowest BCUT2D eigenvalue weighted by Gasteiger charge is -2.13. The first-order chi connectivity index (χ1) is 12.0. The first kappa shape index (κ1) is 20.0. The van der Waals surface area contributed by atoms with Gasteiger partial charge in [0.1, 0.15) is 11.5 Å². The molecule has 0 atom stereocenters. The molecule has 0 spiro atoms. The fourth-order valence-corrected chi connectivity index (χ4v) is 3.53. The summed E-state index contributed by atoms with van der Waals surface area (Å²) in [6.07, 6.45) is -4.73. The van der Waals surface area contributed by atoms with Crippen LogP contribution in [-0.4, -0.2) is 26.0 Å². The van der Waals surface area contributed by atoms with E-state index in [1.165, 1.54) is 24.3 Å². The number of carbonyl (C=O) groups excluding carboxylic acids is 1. The molecule has 11 heteroatoms. The van der Waals surface area contributed by atoms with Crippen molar-refractivity contribution in [2.75, 3.05) is 16.6 Å². The summed E-state index contributed by atoms with van der Waals surface area (Å²) in [4.78, 5) is 10.4. The predicted octanol–water partition coefficient (Wildman–Crippen LogP) is 3.09. The number of benzene rings is 2. The Hall–Kier alpha value is -2.30. The average Bonchev–Trinajstić information content (AvgIpc) is 2.53. The third kappa shape index (κ3) is 4.87. The van der Waals surface area contributed by atoms with Crippen LogP contribution in [0.1, 0.15) is 5.56 Å². The third-order valence-corrected chi connectivity index (χ3v) is 4.95. The Morgan fingerprint density at radius 2 is 1.77 bits per heavy atom. The highest BCUT2D eigenvalue weighted by atomic mass is 35.5. The van der Waals surface area contributed by atoms with E-state index in [0.29, 0.717) is 12.1 Å². The number of carbonyl (C=O) groups is 1. The van der Waals surface area contributed by atoms with Gasteiger partial charge in [-0.3, -0.25) is 9.52 Å². The normalized spacial score (nSPS) is 11.9. The van der Waals surface area contributed by atoms with Gasteiger partial charge in [-0.1, -0.05) is 17.7 Å². The van der Waals surface area contributed by atoms with Gasteiger partial charge in [0.25, 0.3) is 10.0 Å². The van der Waals surface area contributed by atoms with E-state index in [9.17, 15) is 26.4 Å². The van der Waals surface area contributed by atoms with Gasteiger partial charge in [-0.15, -0.1) is 0 Å². The number of halogens is 4. The Morgan fingerprint density at radius 3 is 2.38 bits per heavy atom. The second-order valence-corrected chi connectivity index (χ2v) is 7.09. The van der Waals surface area contributed by atoms with Crippen molar-refractivity contribution in [3.05, 3.63) is 53.1 Å². The average molecular weight is 409 g/mol. The van der Waals surface area contributed by atoms with Crippen LogP contribution in [0.5, 0.6) is 0 Å². The van der Waals surface area contributed by atoms with Crippen LogP contribution in [0, 0.1) is 0 Å². The summed E-state index contributed by atoms with van der Waals surface area (Å²) in [5.74, 6) is -0.717. The molecule has 1 amide bonds. The number of aliphatic hydroxyl groups excluding tert-OH is 1. The zero-order chi connectivity index (χ0) is 19.5. The van der Waals surface area contributed by atoms with E-state index in [0.717, 1.165) is 6.07 Å². The maximum atomic E-state index is 12.8. The molecule has 0 saturated heterocycles. The molecule has 0 fully saturated rings. The Morgan fingerprint density at radius 1 is 1.12 bits per heavy atom. The molecule has 6 nitrogen and oxygen atoms in total. The van der Waals surface area contributed by atoms with E-state index in [2.05, 4.69) is 10.0 Å². The van der Waals surface area contributed by atoms with Crippen molar-refractivity contribution in [2.45, 2.75) is 11.1 Å². The van der Waals surface area contributed by atoms with Crippen molar-refractivity contribution in [3.63, 3.8) is 0 Å². The smallest absolute Gasteiger partial charge is 0.387 e. The number of sulfonamides is 1. The summed E-state index contributed by atoms with van der Waals surface area (Å²) in [5, 5.41) is 10.6. The van der Waals surface area contributed by atoms with Gasteiger partial charge in [0, 0.05) is 5.69 Å². The zero-order valence-electron chi connectivity index (χ0n) is 12.8. The molecule has 0 saturated carbocycles. The molecule has 0 radical (unpaired) electrons. The Bertz CT molecular complexity index is 933. The van der Waals surface area contributed by atoms with Crippen molar-refractivity contribution in [3.8, 4) is 0 Å². The minimum Gasteiger partial charge on any atom is -0.387 e. The maximum Gasteiger partial charge on any atom is 0.416 e. The first-order valence-corrected chi connectivity index (χ1v) is 8.79. The van der Waals surface area contributed by atoms with Gasteiger partial charge in [-0.05, 0) is 36.4 Å². The van der Waals surface area contributed by atoms with Gasteiger partial charge in [0.15, 0.2) is 0 Å². The van der Waals surface area contributed by atoms with Crippen LogP contribution in [0.2, 0.25) is 5.02 Å². The largest absolute Gasteiger partial charge is 0.416 e. The molecule has 0 aliphatic rings. The molecule has 0 aliphatic heterocycles. The number of amides is 1. The highest BCUT2D eigenvalue weighted by Crippen LogP contribution is 2.34. The molecular weight excluding hydrogens is 397 g/mol. The minimum absolute atomic E-state index is 0.0192. The fourth-order valence-electron chi connectivity index (χ4n) is 1.96. The molecule has 2 rings (SSSR count). The van der Waals surface area contributed by atoms with Gasteiger partial charge in [0.2, 0.25) is 5.91 Å². The summed E-state index contributed by atoms with van der Waals surface area (Å²) in [7, 11) is -4.42. The fraction of sp³-hybridized carbons (Fsp3) is 0.133. The van der Waals surface area contributed by atoms with Gasteiger partial charge in [-0.25, -0.2) is 8.42 Å². The van der Waals surface area contributed by atoms with Crippen molar-refractivity contribution in [2.24, 2.45) is 0 Å². The molecule has 3 N–H and O–H groups in total. The molecule has 0 aromatic heterocycles. The number of nitrogens with one attached hydrogen (secondary N) is 2. The number of aliphatic hydroxyl groups is 1. The summed E-state index contributed by atoms with van der Waals surface area (Å²) in [6, 6.07) is 7.34. The number of anilines is 2. The SMILES string of the molecule is O=C(CO)Nc1cccc(NS(=O)(=O)c2cc(C(F)(F)F)ccc2Cl)c1. The molecular formula is C15H12ClF3N2O4S. The van der Waals surface area contributed by atoms with Crippen molar-refractivity contribution in [1.82, 2.24) is 0 Å².